The zero-order chi connectivity index (χ0) is 12.3. The van der Waals surface area contributed by atoms with Gasteiger partial charge in [-0.15, -0.1) is 0 Å². The van der Waals surface area contributed by atoms with Gasteiger partial charge in [-0.25, -0.2) is 9.97 Å². The summed E-state index contributed by atoms with van der Waals surface area (Å²) in [6.07, 6.45) is 0.326. The molecule has 92 valence electrons. The molecule has 0 bridgehead atoms. The van der Waals surface area contributed by atoms with Crippen molar-refractivity contribution in [3.8, 4) is 0 Å². The quantitative estimate of drug-likeness (QED) is 0.752. The van der Waals surface area contributed by atoms with Gasteiger partial charge in [0.25, 0.3) is 5.91 Å². The summed E-state index contributed by atoms with van der Waals surface area (Å²) in [5.74, 6) is -0.532. The number of rotatable bonds is 2. The molecule has 1 aliphatic rings. The van der Waals surface area contributed by atoms with Crippen molar-refractivity contribution in [1.82, 2.24) is 14.9 Å². The topological polar surface area (TPSA) is 49.3 Å². The fourth-order valence-corrected chi connectivity index (χ4v) is 1.72. The molecule has 1 aromatic rings. The summed E-state index contributed by atoms with van der Waals surface area (Å²) in [7, 11) is 0. The molecule has 0 aromatic carbocycles. The predicted molar refractivity (Wildman–Crippen MR) is 56.8 cm³/mol. The van der Waals surface area contributed by atoms with Crippen LogP contribution in [-0.2, 0) is 4.79 Å². The van der Waals surface area contributed by atoms with E-state index in [-0.39, 0.29) is 13.1 Å². The minimum absolute atomic E-state index is 0.279. The number of amides is 1. The van der Waals surface area contributed by atoms with E-state index < -0.39 is 12.3 Å². The Labute approximate surface area is 97.1 Å². The van der Waals surface area contributed by atoms with Crippen molar-refractivity contribution in [2.45, 2.75) is 6.43 Å². The molecule has 0 N–H and O–H groups in total. The summed E-state index contributed by atoms with van der Waals surface area (Å²) in [6.45, 7) is 1.51. The van der Waals surface area contributed by atoms with E-state index in [2.05, 4.69) is 9.97 Å². The van der Waals surface area contributed by atoms with Crippen LogP contribution in [0.4, 0.5) is 14.7 Å². The van der Waals surface area contributed by atoms with Crippen molar-refractivity contribution < 1.29 is 13.6 Å². The Bertz CT molecular complexity index is 379. The van der Waals surface area contributed by atoms with E-state index in [0.29, 0.717) is 19.0 Å². The minimum atomic E-state index is -2.92. The number of hydrogen-bond acceptors (Lipinski definition) is 4. The lowest BCUT2D eigenvalue weighted by Gasteiger charge is -2.34. The van der Waals surface area contributed by atoms with Crippen LogP contribution in [0.1, 0.15) is 0 Å². The summed E-state index contributed by atoms with van der Waals surface area (Å²) >= 11 is 0. The van der Waals surface area contributed by atoms with Crippen LogP contribution in [0.25, 0.3) is 0 Å². The molecular weight excluding hydrogens is 230 g/mol. The monoisotopic (exact) mass is 242 g/mol. The third-order valence-electron chi connectivity index (χ3n) is 2.61. The molecular formula is C10H12F2N4O. The van der Waals surface area contributed by atoms with Crippen LogP contribution in [0, 0.1) is 0 Å². The molecule has 0 unspecified atom stereocenters. The second-order valence-corrected chi connectivity index (χ2v) is 3.66. The normalized spacial score (nSPS) is 16.4. The number of aromatic nitrogens is 2. The van der Waals surface area contributed by atoms with Gasteiger partial charge in [-0.1, -0.05) is 0 Å². The maximum atomic E-state index is 12.2. The summed E-state index contributed by atoms with van der Waals surface area (Å²) < 4.78 is 24.4. The molecule has 0 radical (unpaired) electrons. The van der Waals surface area contributed by atoms with E-state index >= 15 is 0 Å². The lowest BCUT2D eigenvalue weighted by Crippen LogP contribution is -2.50. The number of piperazine rings is 1. The Hall–Kier alpha value is -1.79. The smallest absolute Gasteiger partial charge is 0.315 e. The molecule has 0 aliphatic carbocycles. The third kappa shape index (κ3) is 2.66. The minimum Gasteiger partial charge on any atom is -0.337 e. The predicted octanol–water partition coefficient (Wildman–Crippen LogP) is 0.390. The molecule has 2 rings (SSSR count). The zero-order valence-corrected chi connectivity index (χ0v) is 9.09. The maximum absolute atomic E-state index is 12.2. The van der Waals surface area contributed by atoms with Crippen molar-refractivity contribution in [2.24, 2.45) is 0 Å². The Morgan fingerprint density at radius 1 is 1.18 bits per heavy atom. The van der Waals surface area contributed by atoms with E-state index in [1.54, 1.807) is 18.5 Å². The van der Waals surface area contributed by atoms with Crippen molar-refractivity contribution in [3.05, 3.63) is 18.5 Å². The molecule has 0 atom stereocenters. The van der Waals surface area contributed by atoms with Gasteiger partial charge in [0.05, 0.1) is 0 Å². The molecule has 1 saturated heterocycles. The molecule has 0 saturated carbocycles. The number of anilines is 1. The Balaban J connectivity index is 1.93. The van der Waals surface area contributed by atoms with E-state index in [1.165, 1.54) is 4.90 Å². The summed E-state index contributed by atoms with van der Waals surface area (Å²) in [5, 5.41) is 0. The van der Waals surface area contributed by atoms with E-state index in [0.717, 1.165) is 0 Å². The van der Waals surface area contributed by atoms with Gasteiger partial charge >= 0.3 is 6.43 Å². The van der Waals surface area contributed by atoms with Gasteiger partial charge in [0.1, 0.15) is 0 Å². The molecule has 1 aliphatic heterocycles. The molecule has 5 nitrogen and oxygen atoms in total. The first-order valence-electron chi connectivity index (χ1n) is 5.27. The largest absolute Gasteiger partial charge is 0.337 e. The molecule has 1 amide bonds. The summed E-state index contributed by atoms with van der Waals surface area (Å²) in [4.78, 5) is 22.2. The molecule has 2 heterocycles. The van der Waals surface area contributed by atoms with Gasteiger partial charge in [0.15, 0.2) is 0 Å². The second kappa shape index (κ2) is 5.03. The Morgan fingerprint density at radius 2 is 1.76 bits per heavy atom. The van der Waals surface area contributed by atoms with Crippen LogP contribution in [-0.4, -0.2) is 53.4 Å². The number of carbonyl (C=O) groups excluding carboxylic acids is 1. The highest BCUT2D eigenvalue weighted by Gasteiger charge is 2.27. The fraction of sp³-hybridized carbons (Fsp3) is 0.500. The van der Waals surface area contributed by atoms with Crippen molar-refractivity contribution >= 4 is 11.9 Å². The van der Waals surface area contributed by atoms with Gasteiger partial charge in [-0.05, 0) is 6.07 Å². The second-order valence-electron chi connectivity index (χ2n) is 3.66. The number of alkyl halides is 2. The number of carbonyl (C=O) groups is 1. The van der Waals surface area contributed by atoms with Crippen LogP contribution >= 0.6 is 0 Å². The lowest BCUT2D eigenvalue weighted by molar-refractivity contribution is -0.143. The third-order valence-corrected chi connectivity index (χ3v) is 2.61. The van der Waals surface area contributed by atoms with Crippen molar-refractivity contribution in [2.75, 3.05) is 31.1 Å². The first-order chi connectivity index (χ1) is 8.18. The Morgan fingerprint density at radius 3 is 2.29 bits per heavy atom. The van der Waals surface area contributed by atoms with Gasteiger partial charge in [0.2, 0.25) is 5.95 Å². The van der Waals surface area contributed by atoms with Crippen LogP contribution in [0.2, 0.25) is 0 Å². The lowest BCUT2D eigenvalue weighted by atomic mass is 10.3. The first kappa shape index (κ1) is 11.7. The Kier molecular flexibility index (Phi) is 3.46. The van der Waals surface area contributed by atoms with Crippen LogP contribution < -0.4 is 4.90 Å². The fourth-order valence-electron chi connectivity index (χ4n) is 1.72. The zero-order valence-electron chi connectivity index (χ0n) is 9.09. The SMILES string of the molecule is O=C(C(F)F)N1CCN(c2ncccn2)CC1. The standard InChI is InChI=1S/C10H12F2N4O/c11-8(12)9(17)15-4-6-16(7-5-15)10-13-2-1-3-14-10/h1-3,8H,4-7H2. The summed E-state index contributed by atoms with van der Waals surface area (Å²) in [6, 6.07) is 1.71. The van der Waals surface area contributed by atoms with Gasteiger partial charge in [-0.3, -0.25) is 4.79 Å². The molecule has 7 heteroatoms. The highest BCUT2D eigenvalue weighted by Crippen LogP contribution is 2.11. The van der Waals surface area contributed by atoms with E-state index in [1.807, 2.05) is 4.90 Å². The van der Waals surface area contributed by atoms with Gasteiger partial charge in [0, 0.05) is 38.6 Å². The molecule has 17 heavy (non-hydrogen) atoms. The summed E-state index contributed by atoms with van der Waals surface area (Å²) in [5.41, 5.74) is 0. The van der Waals surface area contributed by atoms with E-state index in [9.17, 15) is 13.6 Å². The van der Waals surface area contributed by atoms with Crippen LogP contribution in [0.15, 0.2) is 18.5 Å². The van der Waals surface area contributed by atoms with E-state index in [4.69, 9.17) is 0 Å². The highest BCUT2D eigenvalue weighted by molar-refractivity contribution is 5.79. The van der Waals surface area contributed by atoms with Crippen molar-refractivity contribution in [3.63, 3.8) is 0 Å². The molecule has 1 fully saturated rings. The van der Waals surface area contributed by atoms with Gasteiger partial charge < -0.3 is 9.80 Å². The van der Waals surface area contributed by atoms with Gasteiger partial charge in [-0.2, -0.15) is 8.78 Å². The van der Waals surface area contributed by atoms with Crippen LogP contribution in [0.3, 0.4) is 0 Å². The number of nitrogens with zero attached hydrogens (tertiary/aromatic N) is 4. The highest BCUT2D eigenvalue weighted by atomic mass is 19.3. The number of halogens is 2. The maximum Gasteiger partial charge on any atom is 0.315 e. The van der Waals surface area contributed by atoms with Crippen molar-refractivity contribution in [1.29, 1.82) is 0 Å². The molecule has 0 spiro atoms. The molecule has 1 aromatic heterocycles. The first-order valence-corrected chi connectivity index (χ1v) is 5.27. The van der Waals surface area contributed by atoms with Crippen LogP contribution in [0.5, 0.6) is 0 Å². The average Bonchev–Trinajstić information content (AvgIpc) is 2.39. The number of hydrogen-bond donors (Lipinski definition) is 0. The average molecular weight is 242 g/mol.